The minimum absolute atomic E-state index is 0.0307. The summed E-state index contributed by atoms with van der Waals surface area (Å²) in [6, 6.07) is 4.48. The van der Waals surface area contributed by atoms with E-state index >= 15 is 0 Å². The lowest BCUT2D eigenvalue weighted by Gasteiger charge is -2.16. The van der Waals surface area contributed by atoms with Crippen LogP contribution in [0, 0.1) is 0 Å². The Morgan fingerprint density at radius 1 is 1.26 bits per heavy atom. The average Bonchev–Trinajstić information content (AvgIpc) is 3.20. The number of aromatic nitrogens is 1. The lowest BCUT2D eigenvalue weighted by molar-refractivity contribution is 0.0935. The van der Waals surface area contributed by atoms with Gasteiger partial charge in [0.05, 0.1) is 17.0 Å². The van der Waals surface area contributed by atoms with Crippen LogP contribution in [0.25, 0.3) is 10.9 Å². The maximum absolute atomic E-state index is 12.8. The number of sulfonamides is 1. The fourth-order valence-corrected chi connectivity index (χ4v) is 4.78. The number of carbonyl (C=O) groups is 1. The Morgan fingerprint density at radius 2 is 1.96 bits per heavy atom. The third kappa shape index (κ3) is 3.76. The highest BCUT2D eigenvalue weighted by molar-refractivity contribution is 7.89. The smallest absolute Gasteiger partial charge is 0.256 e. The third-order valence-corrected chi connectivity index (χ3v) is 6.59. The van der Waals surface area contributed by atoms with Gasteiger partial charge < -0.3 is 14.6 Å². The lowest BCUT2D eigenvalue weighted by atomic mass is 10.1. The summed E-state index contributed by atoms with van der Waals surface area (Å²) in [5.74, 6) is -0.512. The molecule has 0 bridgehead atoms. The van der Waals surface area contributed by atoms with Gasteiger partial charge in [0.2, 0.25) is 15.5 Å². The fourth-order valence-electron chi connectivity index (χ4n) is 3.23. The lowest BCUT2D eigenvalue weighted by Crippen LogP contribution is -2.32. The fraction of sp³-hybridized carbons (Fsp3) is 0.444. The summed E-state index contributed by atoms with van der Waals surface area (Å²) < 4.78 is 33.5. The first-order valence-electron chi connectivity index (χ1n) is 8.77. The van der Waals surface area contributed by atoms with Gasteiger partial charge in [-0.2, -0.15) is 4.31 Å². The van der Waals surface area contributed by atoms with Crippen LogP contribution in [0.3, 0.4) is 0 Å². The zero-order valence-electron chi connectivity index (χ0n) is 15.4. The number of aryl methyl sites for hydroxylation is 1. The van der Waals surface area contributed by atoms with Gasteiger partial charge in [0.15, 0.2) is 0 Å². The number of fused-ring (bicyclic) bond motifs is 1. The van der Waals surface area contributed by atoms with Gasteiger partial charge in [-0.1, -0.05) is 0 Å². The molecular weight excluding hydrogens is 370 g/mol. The van der Waals surface area contributed by atoms with Crippen molar-refractivity contribution in [1.82, 2.24) is 14.2 Å². The Labute approximate surface area is 157 Å². The second-order valence-electron chi connectivity index (χ2n) is 6.52. The van der Waals surface area contributed by atoms with E-state index < -0.39 is 21.4 Å². The number of hydrogen-bond acceptors (Lipinski definition) is 5. The van der Waals surface area contributed by atoms with Gasteiger partial charge in [-0.15, -0.1) is 0 Å². The number of hydrogen-bond donors (Lipinski definition) is 1. The van der Waals surface area contributed by atoms with Gasteiger partial charge in [0.25, 0.3) is 5.91 Å². The molecule has 1 aliphatic heterocycles. The highest BCUT2D eigenvalue weighted by atomic mass is 32.2. The summed E-state index contributed by atoms with van der Waals surface area (Å²) in [6.45, 7) is 1.58. The predicted molar refractivity (Wildman–Crippen MR) is 101 cm³/mol. The van der Waals surface area contributed by atoms with Crippen LogP contribution in [0.5, 0.6) is 0 Å². The van der Waals surface area contributed by atoms with Crippen molar-refractivity contribution in [2.75, 3.05) is 33.4 Å². The van der Waals surface area contributed by atoms with Gasteiger partial charge in [-0.25, -0.2) is 8.42 Å². The molecule has 1 aromatic heterocycles. The Hall–Kier alpha value is -2.23. The van der Waals surface area contributed by atoms with Gasteiger partial charge in [-0.3, -0.25) is 9.59 Å². The van der Waals surface area contributed by atoms with Crippen LogP contribution in [0.1, 0.15) is 23.2 Å². The van der Waals surface area contributed by atoms with Crippen LogP contribution < -0.4 is 10.7 Å². The Balaban J connectivity index is 2.06. The maximum Gasteiger partial charge on any atom is 0.256 e. The number of methoxy groups -OCH3 is 1. The Morgan fingerprint density at radius 3 is 2.63 bits per heavy atom. The first kappa shape index (κ1) is 19.5. The molecule has 3 rings (SSSR count). The number of carbonyl (C=O) groups excluding carboxylic acids is 1. The van der Waals surface area contributed by atoms with E-state index in [4.69, 9.17) is 4.74 Å². The zero-order chi connectivity index (χ0) is 19.6. The first-order valence-corrected chi connectivity index (χ1v) is 10.2. The van der Waals surface area contributed by atoms with Gasteiger partial charge in [0, 0.05) is 45.4 Å². The molecule has 2 aromatic rings. The van der Waals surface area contributed by atoms with E-state index in [1.807, 2.05) is 0 Å². The molecule has 1 aliphatic rings. The molecule has 0 unspecified atom stereocenters. The van der Waals surface area contributed by atoms with Crippen LogP contribution in [0.15, 0.2) is 34.1 Å². The highest BCUT2D eigenvalue weighted by Gasteiger charge is 2.28. The summed E-state index contributed by atoms with van der Waals surface area (Å²) in [5, 5.41) is 2.82. The largest absolute Gasteiger partial charge is 0.383 e. The molecule has 1 amide bonds. The van der Waals surface area contributed by atoms with Crippen molar-refractivity contribution in [2.24, 2.45) is 7.05 Å². The predicted octanol–water partition coefficient (Wildman–Crippen LogP) is 0.699. The molecule has 8 nitrogen and oxygen atoms in total. The van der Waals surface area contributed by atoms with Crippen molar-refractivity contribution in [1.29, 1.82) is 0 Å². The van der Waals surface area contributed by atoms with Crippen molar-refractivity contribution in [3.63, 3.8) is 0 Å². The van der Waals surface area contributed by atoms with Crippen LogP contribution in [-0.4, -0.2) is 56.5 Å². The van der Waals surface area contributed by atoms with E-state index in [2.05, 4.69) is 5.32 Å². The number of rotatable bonds is 6. The number of ether oxygens (including phenoxy) is 1. The molecule has 1 saturated heterocycles. The van der Waals surface area contributed by atoms with E-state index in [1.54, 1.807) is 17.7 Å². The average molecular weight is 393 g/mol. The van der Waals surface area contributed by atoms with Gasteiger partial charge in [0.1, 0.15) is 5.56 Å². The SMILES string of the molecule is COCCNC(=O)c1cn(C)c2ccc(S(=O)(=O)N3CCCC3)cc2c1=O. The van der Waals surface area contributed by atoms with E-state index in [-0.39, 0.29) is 22.4 Å². The molecule has 1 aromatic carbocycles. The zero-order valence-corrected chi connectivity index (χ0v) is 16.2. The van der Waals surface area contributed by atoms with Crippen LogP contribution in [0.4, 0.5) is 0 Å². The van der Waals surface area contributed by atoms with Crippen molar-refractivity contribution in [3.8, 4) is 0 Å². The number of nitrogens with zero attached hydrogens (tertiary/aromatic N) is 2. The van der Waals surface area contributed by atoms with Gasteiger partial charge >= 0.3 is 0 Å². The molecule has 0 atom stereocenters. The van der Waals surface area contributed by atoms with Crippen molar-refractivity contribution >= 4 is 26.8 Å². The number of nitrogens with one attached hydrogen (secondary N) is 1. The monoisotopic (exact) mass is 393 g/mol. The van der Waals surface area contributed by atoms with Crippen LogP contribution in [-0.2, 0) is 21.8 Å². The second kappa shape index (κ2) is 7.79. The molecule has 0 saturated carbocycles. The molecule has 0 aliphatic carbocycles. The summed E-state index contributed by atoms with van der Waals surface area (Å²) in [4.78, 5) is 25.2. The quantitative estimate of drug-likeness (QED) is 0.729. The number of pyridine rings is 1. The van der Waals surface area contributed by atoms with Crippen molar-refractivity contribution in [3.05, 3.63) is 40.2 Å². The molecule has 1 N–H and O–H groups in total. The van der Waals surface area contributed by atoms with Crippen LogP contribution >= 0.6 is 0 Å². The highest BCUT2D eigenvalue weighted by Crippen LogP contribution is 2.23. The van der Waals surface area contributed by atoms with Crippen molar-refractivity contribution in [2.45, 2.75) is 17.7 Å². The summed E-state index contributed by atoms with van der Waals surface area (Å²) in [7, 11) is -0.414. The molecule has 9 heteroatoms. The molecule has 146 valence electrons. The second-order valence-corrected chi connectivity index (χ2v) is 8.46. The molecule has 1 fully saturated rings. The Bertz CT molecular complexity index is 1020. The van der Waals surface area contributed by atoms with E-state index in [0.717, 1.165) is 12.8 Å². The van der Waals surface area contributed by atoms with E-state index in [0.29, 0.717) is 25.2 Å². The molecule has 27 heavy (non-hydrogen) atoms. The van der Waals surface area contributed by atoms with Crippen LogP contribution in [0.2, 0.25) is 0 Å². The normalized spacial score (nSPS) is 15.3. The van der Waals surface area contributed by atoms with Crippen molar-refractivity contribution < 1.29 is 17.9 Å². The first-order chi connectivity index (χ1) is 12.9. The summed E-state index contributed by atoms with van der Waals surface area (Å²) in [6.07, 6.45) is 3.13. The minimum atomic E-state index is -3.64. The Kier molecular flexibility index (Phi) is 5.64. The number of amides is 1. The molecular formula is C18H23N3O5S. The number of benzene rings is 1. The van der Waals surface area contributed by atoms with Gasteiger partial charge in [-0.05, 0) is 31.0 Å². The van der Waals surface area contributed by atoms with E-state index in [9.17, 15) is 18.0 Å². The third-order valence-electron chi connectivity index (χ3n) is 4.70. The molecule has 0 radical (unpaired) electrons. The molecule has 0 spiro atoms. The van der Waals surface area contributed by atoms with E-state index in [1.165, 1.54) is 29.7 Å². The topological polar surface area (TPSA) is 97.7 Å². The summed E-state index contributed by atoms with van der Waals surface area (Å²) in [5.41, 5.74) is 0.0436. The minimum Gasteiger partial charge on any atom is -0.383 e. The standard InChI is InChI=1S/C18H23N3O5S/c1-20-12-15(18(23)19-7-10-26-2)17(22)14-11-13(5-6-16(14)20)27(24,25)21-8-3-4-9-21/h5-6,11-12H,3-4,7-10H2,1-2H3,(H,19,23). The molecule has 2 heterocycles. The summed E-state index contributed by atoms with van der Waals surface area (Å²) >= 11 is 0. The maximum atomic E-state index is 12.8.